The van der Waals surface area contributed by atoms with Gasteiger partial charge >= 0.3 is 0 Å². The van der Waals surface area contributed by atoms with Gasteiger partial charge in [0.25, 0.3) is 0 Å². The lowest BCUT2D eigenvalue weighted by molar-refractivity contribution is -0.117. The van der Waals surface area contributed by atoms with Crippen molar-refractivity contribution in [2.75, 3.05) is 11.9 Å². The molecule has 25 heavy (non-hydrogen) atoms. The normalized spacial score (nSPS) is 25.2. The van der Waals surface area contributed by atoms with Crippen LogP contribution in [0.25, 0.3) is 0 Å². The monoisotopic (exact) mass is 386 g/mol. The number of aliphatic hydroxyl groups excluding tert-OH is 1. The molecule has 1 heterocycles. The van der Waals surface area contributed by atoms with Gasteiger partial charge in [0.05, 0.1) is 12.1 Å². The minimum absolute atomic E-state index is 0. The highest BCUT2D eigenvalue weighted by Crippen LogP contribution is 2.24. The lowest BCUT2D eigenvalue weighted by Gasteiger charge is -2.21. The van der Waals surface area contributed by atoms with Crippen LogP contribution in [0.2, 0.25) is 0 Å². The predicted octanol–water partition coefficient (Wildman–Crippen LogP) is 2.35. The lowest BCUT2D eigenvalue weighted by atomic mass is 10.0. The van der Waals surface area contributed by atoms with E-state index < -0.39 is 16.9 Å². The third-order valence-electron chi connectivity index (χ3n) is 4.85. The van der Waals surface area contributed by atoms with Gasteiger partial charge in [-0.3, -0.25) is 9.00 Å². The number of carbonyl (C=O) groups excluding carboxylic acids is 1. The van der Waals surface area contributed by atoms with Gasteiger partial charge in [-0.2, -0.15) is 0 Å². The Morgan fingerprint density at radius 3 is 2.72 bits per heavy atom. The second-order valence-corrected chi connectivity index (χ2v) is 8.54. The first kappa shape index (κ1) is 20.4. The maximum absolute atomic E-state index is 12.5. The van der Waals surface area contributed by atoms with E-state index in [1.807, 2.05) is 24.3 Å². The molecule has 0 radical (unpaired) electrons. The van der Waals surface area contributed by atoms with E-state index in [-0.39, 0.29) is 24.4 Å². The number of benzene rings is 1. The van der Waals surface area contributed by atoms with Crippen molar-refractivity contribution in [3.63, 3.8) is 0 Å². The van der Waals surface area contributed by atoms with Crippen molar-refractivity contribution in [2.45, 2.75) is 61.7 Å². The zero-order valence-electron chi connectivity index (χ0n) is 14.3. The van der Waals surface area contributed by atoms with Gasteiger partial charge in [0, 0.05) is 34.0 Å². The second-order valence-electron chi connectivity index (χ2n) is 6.83. The van der Waals surface area contributed by atoms with Crippen LogP contribution < -0.4 is 10.6 Å². The van der Waals surface area contributed by atoms with E-state index >= 15 is 0 Å². The number of hydrogen-bond acceptors (Lipinski definition) is 4. The van der Waals surface area contributed by atoms with Crippen molar-refractivity contribution in [3.05, 3.63) is 29.8 Å². The molecule has 0 bridgehead atoms. The second kappa shape index (κ2) is 9.67. The lowest BCUT2D eigenvalue weighted by Crippen LogP contribution is -2.35. The quantitative estimate of drug-likeness (QED) is 0.725. The number of carbonyl (C=O) groups is 1. The fraction of sp³-hybridized carbons (Fsp3) is 0.611. The van der Waals surface area contributed by atoms with E-state index in [1.165, 1.54) is 19.3 Å². The molecule has 1 saturated carbocycles. The third-order valence-corrected chi connectivity index (χ3v) is 6.68. The van der Waals surface area contributed by atoms with Gasteiger partial charge in [-0.15, -0.1) is 12.4 Å². The number of aliphatic hydroxyl groups is 1. The number of hydrogen-bond donors (Lipinski definition) is 3. The number of nitrogens with one attached hydrogen (secondary N) is 2. The fourth-order valence-electron chi connectivity index (χ4n) is 3.50. The summed E-state index contributed by atoms with van der Waals surface area (Å²) in [7, 11) is -0.843. The van der Waals surface area contributed by atoms with Crippen LogP contribution in [-0.2, 0) is 21.3 Å². The Balaban J connectivity index is 0.00000225. The van der Waals surface area contributed by atoms with E-state index in [2.05, 4.69) is 10.6 Å². The summed E-state index contributed by atoms with van der Waals surface area (Å²) in [6.45, 7) is 0.457. The highest BCUT2D eigenvalue weighted by atomic mass is 35.5. The third kappa shape index (κ3) is 5.78. The molecule has 0 spiro atoms. The molecule has 3 rings (SSSR count). The molecule has 2 aliphatic rings. The highest BCUT2D eigenvalue weighted by Gasteiger charge is 2.28. The largest absolute Gasteiger partial charge is 0.392 e. The SMILES string of the molecule is Cl.O=C(Nc1cccc(CS(=O)C2CCCCC2)c1)C1CC(O)CN1. The molecule has 1 aliphatic carbocycles. The average molecular weight is 387 g/mol. The number of β-amino-alcohol motifs (C(OH)–C–C–N with tert-alkyl or cyclic N) is 1. The van der Waals surface area contributed by atoms with Gasteiger partial charge in [-0.05, 0) is 37.0 Å². The van der Waals surface area contributed by atoms with Crippen molar-refractivity contribution in [2.24, 2.45) is 0 Å². The number of rotatable bonds is 5. The molecule has 0 aromatic heterocycles. The van der Waals surface area contributed by atoms with Crippen molar-refractivity contribution >= 4 is 34.8 Å². The Hall–Kier alpha value is -0.950. The van der Waals surface area contributed by atoms with Gasteiger partial charge in [-0.1, -0.05) is 31.4 Å². The van der Waals surface area contributed by atoms with Crippen molar-refractivity contribution in [3.8, 4) is 0 Å². The van der Waals surface area contributed by atoms with E-state index in [1.54, 1.807) is 0 Å². The van der Waals surface area contributed by atoms with Gasteiger partial charge < -0.3 is 15.7 Å². The van der Waals surface area contributed by atoms with Crippen LogP contribution >= 0.6 is 12.4 Å². The van der Waals surface area contributed by atoms with Gasteiger partial charge in [0.15, 0.2) is 0 Å². The summed E-state index contributed by atoms with van der Waals surface area (Å²) in [5.74, 6) is 0.423. The Morgan fingerprint density at radius 1 is 1.28 bits per heavy atom. The Morgan fingerprint density at radius 2 is 2.04 bits per heavy atom. The van der Waals surface area contributed by atoms with Crippen molar-refractivity contribution < 1.29 is 14.1 Å². The van der Waals surface area contributed by atoms with Gasteiger partial charge in [-0.25, -0.2) is 0 Å². The first-order valence-corrected chi connectivity index (χ1v) is 10.2. The zero-order chi connectivity index (χ0) is 16.9. The summed E-state index contributed by atoms with van der Waals surface area (Å²) in [6.07, 6.45) is 5.76. The van der Waals surface area contributed by atoms with Crippen molar-refractivity contribution in [1.82, 2.24) is 5.32 Å². The molecule has 3 N–H and O–H groups in total. The van der Waals surface area contributed by atoms with Gasteiger partial charge in [0.1, 0.15) is 0 Å². The molecular formula is C18H27ClN2O3S. The summed E-state index contributed by atoms with van der Waals surface area (Å²) in [4.78, 5) is 12.2. The Labute approximate surface area is 157 Å². The van der Waals surface area contributed by atoms with Crippen LogP contribution in [-0.4, -0.2) is 39.2 Å². The molecule has 7 heteroatoms. The summed E-state index contributed by atoms with van der Waals surface area (Å²) >= 11 is 0. The Bertz CT molecular complexity index is 574. The molecule has 5 nitrogen and oxygen atoms in total. The van der Waals surface area contributed by atoms with E-state index in [4.69, 9.17) is 0 Å². The summed E-state index contributed by atoms with van der Waals surface area (Å²) < 4.78 is 12.5. The van der Waals surface area contributed by atoms with Gasteiger partial charge in [0.2, 0.25) is 5.91 Å². The molecule has 1 aromatic rings. The van der Waals surface area contributed by atoms with Crippen LogP contribution in [0.4, 0.5) is 5.69 Å². The molecule has 3 unspecified atom stereocenters. The zero-order valence-corrected chi connectivity index (χ0v) is 15.9. The molecule has 140 valence electrons. The standard InChI is InChI=1S/C18H26N2O3S.ClH/c21-15-10-17(19-11-15)18(22)20-14-6-4-5-13(9-14)12-24(23)16-7-2-1-3-8-16;/h4-6,9,15-17,19,21H,1-3,7-8,10-12H2,(H,20,22);1H. The summed E-state index contributed by atoms with van der Waals surface area (Å²) in [5.41, 5.74) is 1.72. The Kier molecular flexibility index (Phi) is 7.87. The maximum Gasteiger partial charge on any atom is 0.241 e. The topological polar surface area (TPSA) is 78.4 Å². The summed E-state index contributed by atoms with van der Waals surface area (Å²) in [6, 6.07) is 7.26. The molecule has 3 atom stereocenters. The maximum atomic E-state index is 12.5. The predicted molar refractivity (Wildman–Crippen MR) is 103 cm³/mol. The summed E-state index contributed by atoms with van der Waals surface area (Å²) in [5, 5.41) is 15.7. The highest BCUT2D eigenvalue weighted by molar-refractivity contribution is 7.84. The van der Waals surface area contributed by atoms with Crippen LogP contribution in [0.5, 0.6) is 0 Å². The number of anilines is 1. The first-order chi connectivity index (χ1) is 11.6. The molecule has 1 aromatic carbocycles. The van der Waals surface area contributed by atoms with Crippen LogP contribution in [0.15, 0.2) is 24.3 Å². The first-order valence-electron chi connectivity index (χ1n) is 8.80. The average Bonchev–Trinajstić information content (AvgIpc) is 3.02. The minimum Gasteiger partial charge on any atom is -0.392 e. The molecular weight excluding hydrogens is 360 g/mol. The number of amides is 1. The molecule has 1 amide bonds. The fourth-order valence-corrected chi connectivity index (χ4v) is 5.10. The number of halogens is 1. The molecule has 2 fully saturated rings. The molecule has 1 aliphatic heterocycles. The van der Waals surface area contributed by atoms with Crippen LogP contribution in [0.3, 0.4) is 0 Å². The van der Waals surface area contributed by atoms with Crippen LogP contribution in [0.1, 0.15) is 44.1 Å². The van der Waals surface area contributed by atoms with E-state index in [0.717, 1.165) is 24.1 Å². The van der Waals surface area contributed by atoms with E-state index in [0.29, 0.717) is 24.0 Å². The molecule has 1 saturated heterocycles. The van der Waals surface area contributed by atoms with Crippen molar-refractivity contribution in [1.29, 1.82) is 0 Å². The van der Waals surface area contributed by atoms with Crippen LogP contribution in [0, 0.1) is 0 Å². The van der Waals surface area contributed by atoms with E-state index in [9.17, 15) is 14.1 Å². The minimum atomic E-state index is -0.843. The smallest absolute Gasteiger partial charge is 0.241 e.